The summed E-state index contributed by atoms with van der Waals surface area (Å²) in [5, 5.41) is 20.5. The van der Waals surface area contributed by atoms with E-state index in [9.17, 15) is 20.0 Å². The largest absolute Gasteiger partial charge is 0.391 e. The lowest BCUT2D eigenvalue weighted by atomic mass is 10.1. The number of hydrogen-bond donors (Lipinski definition) is 1. The Hall–Kier alpha value is -1.47. The molecule has 1 fully saturated rings. The minimum atomic E-state index is -0.764. The molecule has 0 aliphatic carbocycles. The van der Waals surface area contributed by atoms with Crippen molar-refractivity contribution < 1.29 is 14.8 Å². The van der Waals surface area contributed by atoms with Crippen LogP contribution in [0.2, 0.25) is 0 Å². The van der Waals surface area contributed by atoms with Gasteiger partial charge in [0.1, 0.15) is 5.69 Å². The van der Waals surface area contributed by atoms with Crippen LogP contribution in [0, 0.1) is 17.0 Å². The number of nitro benzene ring substituents is 1. The molecule has 6 nitrogen and oxygen atoms in total. The van der Waals surface area contributed by atoms with Gasteiger partial charge < -0.3 is 10.0 Å². The monoisotopic (exact) mass is 314 g/mol. The van der Waals surface area contributed by atoms with Gasteiger partial charge in [0.2, 0.25) is 5.91 Å². The Balaban J connectivity index is 2.56. The highest BCUT2D eigenvalue weighted by molar-refractivity contribution is 9.10. The highest BCUT2D eigenvalue weighted by atomic mass is 79.9. The van der Waals surface area contributed by atoms with Crippen LogP contribution in [0.25, 0.3) is 0 Å². The number of nitrogens with zero attached hydrogens (tertiary/aromatic N) is 2. The number of aliphatic hydroxyl groups is 1. The third-order valence-electron chi connectivity index (χ3n) is 2.82. The number of β-amino-alcohol motifs (C(OH)–C–C–N with tert-alkyl or cyclic N) is 1. The fraction of sp³-hybridized carbons (Fsp3) is 0.364. The first-order valence-electron chi connectivity index (χ1n) is 5.33. The van der Waals surface area contributed by atoms with Crippen molar-refractivity contribution in [3.05, 3.63) is 32.3 Å². The standard InChI is InChI=1S/C11H11BrN2O4/c1-6-2-7(12)3-9(14(17)18)11(6)13-5-8(15)4-10(13)16/h2-3,8,15H,4-5H2,1H3. The van der Waals surface area contributed by atoms with Crippen LogP contribution in [0.5, 0.6) is 0 Å². The average molecular weight is 315 g/mol. The molecular formula is C11H11BrN2O4. The topological polar surface area (TPSA) is 83.7 Å². The second-order valence-corrected chi connectivity index (χ2v) is 5.13. The van der Waals surface area contributed by atoms with Crippen LogP contribution in [0.3, 0.4) is 0 Å². The summed E-state index contributed by atoms with van der Waals surface area (Å²) in [6, 6.07) is 3.07. The van der Waals surface area contributed by atoms with Crippen LogP contribution < -0.4 is 4.90 Å². The van der Waals surface area contributed by atoms with Crippen LogP contribution in [0.15, 0.2) is 16.6 Å². The summed E-state index contributed by atoms with van der Waals surface area (Å²) in [6.45, 7) is 1.80. The Labute approximate surface area is 111 Å². The van der Waals surface area contributed by atoms with E-state index in [0.29, 0.717) is 10.0 Å². The van der Waals surface area contributed by atoms with Gasteiger partial charge in [-0.25, -0.2) is 0 Å². The molecule has 2 rings (SSSR count). The molecule has 0 saturated carbocycles. The van der Waals surface area contributed by atoms with Gasteiger partial charge in [-0.2, -0.15) is 0 Å². The van der Waals surface area contributed by atoms with E-state index in [1.54, 1.807) is 13.0 Å². The number of benzene rings is 1. The van der Waals surface area contributed by atoms with E-state index in [1.165, 1.54) is 11.0 Å². The highest BCUT2D eigenvalue weighted by Gasteiger charge is 2.34. The number of anilines is 1. The molecule has 1 atom stereocenters. The molecule has 1 heterocycles. The maximum Gasteiger partial charge on any atom is 0.294 e. The minimum absolute atomic E-state index is 0.00661. The zero-order valence-corrected chi connectivity index (χ0v) is 11.2. The number of halogens is 1. The summed E-state index contributed by atoms with van der Waals surface area (Å²) in [5.41, 5.74) is 0.757. The Morgan fingerprint density at radius 1 is 1.56 bits per heavy atom. The van der Waals surface area contributed by atoms with Crippen molar-refractivity contribution in [1.29, 1.82) is 0 Å². The molecule has 1 unspecified atom stereocenters. The molecule has 7 heteroatoms. The molecule has 96 valence electrons. The van der Waals surface area contributed by atoms with Gasteiger partial charge in [0.25, 0.3) is 5.69 Å². The maximum atomic E-state index is 11.7. The number of amides is 1. The molecule has 1 aliphatic rings. The fourth-order valence-electron chi connectivity index (χ4n) is 2.11. The number of carbonyl (C=O) groups excluding carboxylic acids is 1. The molecular weight excluding hydrogens is 304 g/mol. The van der Waals surface area contributed by atoms with E-state index in [2.05, 4.69) is 15.9 Å². The van der Waals surface area contributed by atoms with Gasteiger partial charge in [-0.3, -0.25) is 14.9 Å². The third-order valence-corrected chi connectivity index (χ3v) is 3.27. The summed E-state index contributed by atoms with van der Waals surface area (Å²) < 4.78 is 0.586. The molecule has 0 spiro atoms. The summed E-state index contributed by atoms with van der Waals surface area (Å²) >= 11 is 3.19. The molecule has 18 heavy (non-hydrogen) atoms. The van der Waals surface area contributed by atoms with Gasteiger partial charge in [0, 0.05) is 10.5 Å². The number of carbonyl (C=O) groups is 1. The zero-order valence-electron chi connectivity index (χ0n) is 9.59. The molecule has 1 saturated heterocycles. The predicted octanol–water partition coefficient (Wildman–Crippen LogP) is 1.76. The normalized spacial score (nSPS) is 19.4. The van der Waals surface area contributed by atoms with Gasteiger partial charge in [-0.15, -0.1) is 0 Å². The van der Waals surface area contributed by atoms with Crippen molar-refractivity contribution in [3.8, 4) is 0 Å². The average Bonchev–Trinajstić information content (AvgIpc) is 2.56. The summed E-state index contributed by atoms with van der Waals surface area (Å²) in [7, 11) is 0. The number of nitro groups is 1. The van der Waals surface area contributed by atoms with Crippen LogP contribution >= 0.6 is 15.9 Å². The number of aryl methyl sites for hydroxylation is 1. The summed E-state index contributed by atoms with van der Waals surface area (Å²) in [5.74, 6) is -0.295. The lowest BCUT2D eigenvalue weighted by Crippen LogP contribution is -2.26. The SMILES string of the molecule is Cc1cc(Br)cc([N+](=O)[O-])c1N1CC(O)CC1=O. The van der Waals surface area contributed by atoms with Crippen molar-refractivity contribution in [2.24, 2.45) is 0 Å². The van der Waals surface area contributed by atoms with Gasteiger partial charge in [-0.05, 0) is 18.6 Å². The Morgan fingerprint density at radius 2 is 2.22 bits per heavy atom. The molecule has 0 bridgehead atoms. The van der Waals surface area contributed by atoms with Crippen molar-refractivity contribution in [2.75, 3.05) is 11.4 Å². The van der Waals surface area contributed by atoms with Crippen molar-refractivity contribution in [3.63, 3.8) is 0 Å². The molecule has 0 radical (unpaired) electrons. The van der Waals surface area contributed by atoms with Crippen molar-refractivity contribution >= 4 is 33.2 Å². The second kappa shape index (κ2) is 4.66. The summed E-state index contributed by atoms with van der Waals surface area (Å²) in [4.78, 5) is 23.5. The van der Waals surface area contributed by atoms with E-state index < -0.39 is 11.0 Å². The zero-order chi connectivity index (χ0) is 13.4. The first-order valence-corrected chi connectivity index (χ1v) is 6.12. The fourth-order valence-corrected chi connectivity index (χ4v) is 2.67. The molecule has 1 aromatic carbocycles. The Kier molecular flexibility index (Phi) is 3.36. The number of hydrogen-bond acceptors (Lipinski definition) is 4. The molecule has 1 amide bonds. The van der Waals surface area contributed by atoms with Gasteiger partial charge in [0.15, 0.2) is 0 Å². The predicted molar refractivity (Wildman–Crippen MR) is 68.5 cm³/mol. The maximum absolute atomic E-state index is 11.7. The summed E-state index contributed by atoms with van der Waals surface area (Å²) in [6.07, 6.45) is -0.757. The van der Waals surface area contributed by atoms with Crippen molar-refractivity contribution in [2.45, 2.75) is 19.4 Å². The van der Waals surface area contributed by atoms with Gasteiger partial charge in [-0.1, -0.05) is 15.9 Å². The van der Waals surface area contributed by atoms with E-state index in [-0.39, 0.29) is 30.2 Å². The van der Waals surface area contributed by atoms with E-state index in [0.717, 1.165) is 0 Å². The van der Waals surface area contributed by atoms with Crippen LogP contribution in [0.1, 0.15) is 12.0 Å². The van der Waals surface area contributed by atoms with E-state index in [4.69, 9.17) is 0 Å². The van der Waals surface area contributed by atoms with Crippen molar-refractivity contribution in [1.82, 2.24) is 0 Å². The quantitative estimate of drug-likeness (QED) is 0.666. The van der Waals surface area contributed by atoms with Crippen LogP contribution in [0.4, 0.5) is 11.4 Å². The second-order valence-electron chi connectivity index (χ2n) is 4.21. The Bertz CT molecular complexity index is 532. The molecule has 1 aromatic rings. The number of rotatable bonds is 2. The smallest absolute Gasteiger partial charge is 0.294 e. The highest BCUT2D eigenvalue weighted by Crippen LogP contribution is 2.37. The number of aliphatic hydroxyl groups excluding tert-OH is 1. The lowest BCUT2D eigenvalue weighted by Gasteiger charge is -2.18. The van der Waals surface area contributed by atoms with Gasteiger partial charge in [0.05, 0.1) is 24.0 Å². The van der Waals surface area contributed by atoms with E-state index in [1.807, 2.05) is 0 Å². The third kappa shape index (κ3) is 2.23. The van der Waals surface area contributed by atoms with Gasteiger partial charge >= 0.3 is 0 Å². The molecule has 0 aromatic heterocycles. The first-order chi connectivity index (χ1) is 8.40. The molecule has 1 N–H and O–H groups in total. The van der Waals surface area contributed by atoms with Crippen LogP contribution in [-0.2, 0) is 4.79 Å². The lowest BCUT2D eigenvalue weighted by molar-refractivity contribution is -0.384. The Morgan fingerprint density at radius 3 is 2.72 bits per heavy atom. The van der Waals surface area contributed by atoms with E-state index >= 15 is 0 Å². The first kappa shape index (κ1) is 13.0. The van der Waals surface area contributed by atoms with Crippen LogP contribution in [-0.4, -0.2) is 28.6 Å². The minimum Gasteiger partial charge on any atom is -0.391 e. The molecule has 1 aliphatic heterocycles.